The first kappa shape index (κ1) is 35.5. The number of benzene rings is 1. The van der Waals surface area contributed by atoms with E-state index in [4.69, 9.17) is 4.74 Å². The van der Waals surface area contributed by atoms with E-state index in [9.17, 15) is 47.2 Å². The predicted molar refractivity (Wildman–Crippen MR) is 154 cm³/mol. The highest BCUT2D eigenvalue weighted by atomic mass is 32.2. The zero-order chi connectivity index (χ0) is 33.5. The van der Waals surface area contributed by atoms with E-state index in [2.05, 4.69) is 10.3 Å². The quantitative estimate of drug-likeness (QED) is 0.235. The Morgan fingerprint density at radius 2 is 1.73 bits per heavy atom. The summed E-state index contributed by atoms with van der Waals surface area (Å²) in [5, 5.41) is 50.4. The summed E-state index contributed by atoms with van der Waals surface area (Å²) >= 11 is 0.694. The van der Waals surface area contributed by atoms with Crippen molar-refractivity contribution in [2.24, 2.45) is 5.41 Å². The maximum absolute atomic E-state index is 14.1. The Balaban J connectivity index is 1.64. The van der Waals surface area contributed by atoms with Gasteiger partial charge in [-0.2, -0.15) is 0 Å². The van der Waals surface area contributed by atoms with Crippen LogP contribution in [0.5, 0.6) is 0 Å². The third-order valence-electron chi connectivity index (χ3n) is 8.35. The molecule has 0 bridgehead atoms. The molecule has 4 rings (SSSR count). The molecule has 1 aliphatic carbocycles. The van der Waals surface area contributed by atoms with E-state index < -0.39 is 102 Å². The lowest BCUT2D eigenvalue weighted by Gasteiger charge is -2.46. The predicted octanol–water partition coefficient (Wildman–Crippen LogP) is 3.28. The van der Waals surface area contributed by atoms with E-state index in [0.717, 1.165) is 10.9 Å². The number of ether oxygens (including phenoxy) is 1. The zero-order valence-electron chi connectivity index (χ0n) is 25.3. The van der Waals surface area contributed by atoms with Gasteiger partial charge in [-0.05, 0) is 36.8 Å². The van der Waals surface area contributed by atoms with Crippen LogP contribution in [-0.4, -0.2) is 107 Å². The fourth-order valence-corrected chi connectivity index (χ4v) is 7.01. The molecule has 16 heteroatoms. The molecule has 1 unspecified atom stereocenters. The maximum atomic E-state index is 14.1. The van der Waals surface area contributed by atoms with Crippen LogP contribution < -0.4 is 0 Å². The molecular weight excluding hydrogens is 627 g/mol. The molecule has 1 aromatic carbocycles. The minimum Gasteiger partial charge on any atom is -0.394 e. The fraction of sp³-hybridized carbons (Fsp3) is 0.690. The van der Waals surface area contributed by atoms with Crippen molar-refractivity contribution in [1.82, 2.24) is 19.9 Å². The first-order valence-corrected chi connectivity index (χ1v) is 15.5. The summed E-state index contributed by atoms with van der Waals surface area (Å²) in [6.45, 7) is 5.52. The van der Waals surface area contributed by atoms with E-state index in [1.807, 2.05) is 20.8 Å². The molecule has 2 fully saturated rings. The molecule has 1 saturated heterocycles. The third-order valence-corrected chi connectivity index (χ3v) is 9.92. The smallest absolute Gasteiger partial charge is 0.248 e. The van der Waals surface area contributed by atoms with Crippen LogP contribution in [0.15, 0.2) is 18.3 Å². The average molecular weight is 667 g/mol. The number of thioether (sulfide) groups is 1. The van der Waals surface area contributed by atoms with Gasteiger partial charge >= 0.3 is 0 Å². The molecule has 4 N–H and O–H groups in total. The van der Waals surface area contributed by atoms with E-state index in [1.54, 1.807) is 0 Å². The van der Waals surface area contributed by atoms with E-state index in [-0.39, 0.29) is 16.7 Å². The Morgan fingerprint density at radius 1 is 1.13 bits per heavy atom. The SMILES string of the molecule is CN(CCC(C)(C)C)C(=O)C(S[C@@H]1O[C@H](CO)[C@H](O)[C@H](n2cc(-c3cc(F)c(F)c(F)c3)nn2)[C@H]1O)C1(O)CCC(F)(F)CC1. The molecule has 1 amide bonds. The fourth-order valence-electron chi connectivity index (χ4n) is 5.42. The van der Waals surface area contributed by atoms with Gasteiger partial charge < -0.3 is 30.1 Å². The number of hydrogen-bond acceptors (Lipinski definition) is 9. The number of aliphatic hydroxyl groups excluding tert-OH is 3. The largest absolute Gasteiger partial charge is 0.394 e. The Bertz CT molecular complexity index is 1330. The Hall–Kier alpha value is -2.37. The summed E-state index contributed by atoms with van der Waals surface area (Å²) < 4.78 is 76.1. The van der Waals surface area contributed by atoms with Crippen LogP contribution in [0.1, 0.15) is 58.9 Å². The summed E-state index contributed by atoms with van der Waals surface area (Å²) in [6.07, 6.45) is -4.96. The molecule has 2 aromatic rings. The number of aromatic nitrogens is 3. The van der Waals surface area contributed by atoms with Gasteiger partial charge in [0.25, 0.3) is 0 Å². The van der Waals surface area contributed by atoms with Gasteiger partial charge in [-0.15, -0.1) is 16.9 Å². The van der Waals surface area contributed by atoms with Crippen molar-refractivity contribution < 1.29 is 51.9 Å². The second kappa shape index (κ2) is 13.4. The summed E-state index contributed by atoms with van der Waals surface area (Å²) in [5.74, 6) is -8.20. The molecule has 0 radical (unpaired) electrons. The van der Waals surface area contributed by atoms with Crippen molar-refractivity contribution in [3.63, 3.8) is 0 Å². The van der Waals surface area contributed by atoms with Crippen LogP contribution in [0, 0.1) is 22.9 Å². The molecule has 2 aliphatic rings. The topological polar surface area (TPSA) is 141 Å². The number of nitrogens with zero attached hydrogens (tertiary/aromatic N) is 4. The maximum Gasteiger partial charge on any atom is 0.248 e. The third kappa shape index (κ3) is 7.96. The van der Waals surface area contributed by atoms with Gasteiger partial charge in [-0.25, -0.2) is 26.6 Å². The first-order chi connectivity index (χ1) is 20.9. The molecule has 45 heavy (non-hydrogen) atoms. The lowest BCUT2D eigenvalue weighted by atomic mass is 9.80. The van der Waals surface area contributed by atoms with Gasteiger partial charge in [-0.3, -0.25) is 4.79 Å². The Labute approximate surface area is 261 Å². The highest BCUT2D eigenvalue weighted by molar-refractivity contribution is 8.01. The van der Waals surface area contributed by atoms with Crippen molar-refractivity contribution >= 4 is 17.7 Å². The summed E-state index contributed by atoms with van der Waals surface area (Å²) in [4.78, 5) is 15.2. The van der Waals surface area contributed by atoms with Crippen molar-refractivity contribution in [2.45, 2.75) is 99.4 Å². The lowest BCUT2D eigenvalue weighted by Crippen LogP contribution is -2.58. The van der Waals surface area contributed by atoms with Crippen LogP contribution in [0.2, 0.25) is 0 Å². The van der Waals surface area contributed by atoms with Crippen LogP contribution >= 0.6 is 11.8 Å². The number of rotatable bonds is 9. The molecule has 252 valence electrons. The van der Waals surface area contributed by atoms with Gasteiger partial charge in [-0.1, -0.05) is 26.0 Å². The van der Waals surface area contributed by atoms with Gasteiger partial charge in [0, 0.05) is 32.0 Å². The van der Waals surface area contributed by atoms with Crippen molar-refractivity contribution in [3.8, 4) is 11.3 Å². The monoisotopic (exact) mass is 666 g/mol. The summed E-state index contributed by atoms with van der Waals surface area (Å²) in [5.41, 5.74) is -3.73. The van der Waals surface area contributed by atoms with E-state index >= 15 is 0 Å². The molecule has 0 spiro atoms. The highest BCUT2D eigenvalue weighted by Crippen LogP contribution is 2.46. The van der Waals surface area contributed by atoms with Gasteiger partial charge in [0.05, 0.1) is 18.4 Å². The van der Waals surface area contributed by atoms with Crippen molar-refractivity contribution in [3.05, 3.63) is 35.8 Å². The standard InChI is InChI=1S/C29H39F5N4O6S/c1-27(2,3)9-10-37(4)25(42)24(28(43)5-7-29(33,34)8-6-28)45-26-23(41)21(22(40)19(14-39)44-26)38-13-18(35-36-38)15-11-16(30)20(32)17(31)12-15/h11-13,19,21-24,26,39-41,43H,5-10,14H2,1-4H3/t19-,21+,22+,23-,24?,26+/m1/s1. The number of carbonyl (C=O) groups is 1. The lowest BCUT2D eigenvalue weighted by molar-refractivity contribution is -0.179. The summed E-state index contributed by atoms with van der Waals surface area (Å²) in [6, 6.07) is 0.00327. The van der Waals surface area contributed by atoms with Gasteiger partial charge in [0.1, 0.15) is 40.7 Å². The second-order valence-electron chi connectivity index (χ2n) is 13.1. The van der Waals surface area contributed by atoms with Gasteiger partial charge in [0.2, 0.25) is 11.8 Å². The molecule has 1 aromatic heterocycles. The number of alkyl halides is 2. The van der Waals surface area contributed by atoms with Gasteiger partial charge in [0.15, 0.2) is 17.5 Å². The zero-order valence-corrected chi connectivity index (χ0v) is 26.2. The molecule has 2 heterocycles. The first-order valence-electron chi connectivity index (χ1n) is 14.6. The number of aliphatic hydroxyl groups is 4. The van der Waals surface area contributed by atoms with Crippen LogP contribution in [0.4, 0.5) is 22.0 Å². The van der Waals surface area contributed by atoms with E-state index in [0.29, 0.717) is 36.9 Å². The van der Waals surface area contributed by atoms with Crippen molar-refractivity contribution in [2.75, 3.05) is 20.2 Å². The van der Waals surface area contributed by atoms with Crippen molar-refractivity contribution in [1.29, 1.82) is 0 Å². The number of carbonyl (C=O) groups excluding carboxylic acids is 1. The highest BCUT2D eigenvalue weighted by Gasteiger charge is 2.54. The Morgan fingerprint density at radius 3 is 2.29 bits per heavy atom. The minimum atomic E-state index is -3.01. The number of hydrogen-bond donors (Lipinski definition) is 4. The molecule has 1 saturated carbocycles. The molecular formula is C29H39F5N4O6S. The molecule has 10 nitrogen and oxygen atoms in total. The number of amides is 1. The minimum absolute atomic E-state index is 0.130. The molecule has 6 atom stereocenters. The Kier molecular flexibility index (Phi) is 10.6. The average Bonchev–Trinajstić information content (AvgIpc) is 3.45. The van der Waals surface area contributed by atoms with Crippen LogP contribution in [-0.2, 0) is 9.53 Å². The normalized spacial score (nSPS) is 27.3. The second-order valence-corrected chi connectivity index (χ2v) is 14.3. The molecule has 1 aliphatic heterocycles. The van der Waals surface area contributed by atoms with E-state index in [1.165, 1.54) is 11.9 Å². The van der Waals surface area contributed by atoms with Crippen LogP contribution in [0.3, 0.4) is 0 Å². The van der Waals surface area contributed by atoms with Crippen LogP contribution in [0.25, 0.3) is 11.3 Å². The summed E-state index contributed by atoms with van der Waals surface area (Å²) in [7, 11) is 1.53. The number of halogens is 5.